The summed E-state index contributed by atoms with van der Waals surface area (Å²) in [5.74, 6) is -2.12. The number of hydrogen-bond acceptors (Lipinski definition) is 2. The molecule has 0 atom stereocenters. The van der Waals surface area contributed by atoms with Crippen molar-refractivity contribution in [1.29, 1.82) is 0 Å². The van der Waals surface area contributed by atoms with Crippen molar-refractivity contribution < 1.29 is 19.8 Å². The molecule has 2 rings (SSSR count). The van der Waals surface area contributed by atoms with Gasteiger partial charge in [-0.25, -0.2) is 4.79 Å². The van der Waals surface area contributed by atoms with Gasteiger partial charge in [0.2, 0.25) is 0 Å². The van der Waals surface area contributed by atoms with E-state index in [1.165, 1.54) is 0 Å². The van der Waals surface area contributed by atoms with Gasteiger partial charge in [-0.15, -0.1) is 0 Å². The third-order valence-electron chi connectivity index (χ3n) is 2.73. The van der Waals surface area contributed by atoms with Crippen LogP contribution in [0.2, 0.25) is 5.02 Å². The highest BCUT2D eigenvalue weighted by Gasteiger charge is 2.19. The van der Waals surface area contributed by atoms with Crippen LogP contribution in [0.25, 0.3) is 10.9 Å². The van der Waals surface area contributed by atoms with Crippen molar-refractivity contribution in [3.05, 3.63) is 32.9 Å². The number of aromatic nitrogens is 1. The first-order valence-electron chi connectivity index (χ1n) is 5.35. The quantitative estimate of drug-likeness (QED) is 0.792. The summed E-state index contributed by atoms with van der Waals surface area (Å²) < 4.78 is 0.706. The summed E-state index contributed by atoms with van der Waals surface area (Å²) in [4.78, 5) is 24.6. The molecule has 1 heterocycles. The minimum atomic E-state index is -1.14. The van der Waals surface area contributed by atoms with Gasteiger partial charge < -0.3 is 15.2 Å². The fourth-order valence-corrected chi connectivity index (χ4v) is 2.80. The molecule has 0 bridgehead atoms. The summed E-state index contributed by atoms with van der Waals surface area (Å²) in [6, 6.07) is 3.37. The van der Waals surface area contributed by atoms with Crippen molar-refractivity contribution in [2.24, 2.45) is 0 Å². The van der Waals surface area contributed by atoms with Crippen LogP contribution in [0, 0.1) is 0 Å². The van der Waals surface area contributed by atoms with E-state index in [-0.39, 0.29) is 18.5 Å². The summed E-state index contributed by atoms with van der Waals surface area (Å²) in [6.07, 6.45) is -0.0128. The molecule has 1 aromatic heterocycles. The number of carbonyl (C=O) groups is 2. The number of halogens is 2. The summed E-state index contributed by atoms with van der Waals surface area (Å²) in [5, 5.41) is 18.9. The first-order chi connectivity index (χ1) is 8.90. The molecule has 3 N–H and O–H groups in total. The Hall–Kier alpha value is -1.53. The molecule has 100 valence electrons. The van der Waals surface area contributed by atoms with Crippen molar-refractivity contribution in [1.82, 2.24) is 4.98 Å². The van der Waals surface area contributed by atoms with E-state index in [4.69, 9.17) is 21.8 Å². The second-order valence-corrected chi connectivity index (χ2v) is 5.31. The van der Waals surface area contributed by atoms with Crippen LogP contribution in [0.15, 0.2) is 16.6 Å². The number of aryl methyl sites for hydroxylation is 1. The molecule has 0 amide bonds. The van der Waals surface area contributed by atoms with Gasteiger partial charge in [-0.05, 0) is 24.1 Å². The van der Waals surface area contributed by atoms with Gasteiger partial charge in [0.1, 0.15) is 5.69 Å². The minimum Gasteiger partial charge on any atom is -0.481 e. The molecule has 1 aromatic carbocycles. The number of hydrogen-bond donors (Lipinski definition) is 3. The number of H-pyrrole nitrogens is 1. The van der Waals surface area contributed by atoms with Gasteiger partial charge in [-0.3, -0.25) is 4.79 Å². The number of aliphatic carboxylic acids is 1. The smallest absolute Gasteiger partial charge is 0.352 e. The van der Waals surface area contributed by atoms with E-state index in [1.54, 1.807) is 12.1 Å². The highest BCUT2D eigenvalue weighted by atomic mass is 79.9. The van der Waals surface area contributed by atoms with E-state index in [2.05, 4.69) is 20.9 Å². The Morgan fingerprint density at radius 1 is 1.32 bits per heavy atom. The Morgan fingerprint density at radius 2 is 2.00 bits per heavy atom. The lowest BCUT2D eigenvalue weighted by atomic mass is 10.1. The van der Waals surface area contributed by atoms with Crippen LogP contribution in [-0.2, 0) is 11.2 Å². The number of aromatic carboxylic acids is 1. The maximum Gasteiger partial charge on any atom is 0.352 e. The number of carboxylic acid groups (broad SMARTS) is 2. The monoisotopic (exact) mass is 345 g/mol. The molecule has 0 fully saturated rings. The number of benzene rings is 1. The summed E-state index contributed by atoms with van der Waals surface area (Å²) >= 11 is 9.33. The molecule has 5 nitrogen and oxygen atoms in total. The molecular formula is C12H9BrClNO4. The summed E-state index contributed by atoms with van der Waals surface area (Å²) in [7, 11) is 0. The van der Waals surface area contributed by atoms with E-state index in [0.717, 1.165) is 0 Å². The Balaban J connectivity index is 2.65. The maximum absolute atomic E-state index is 11.2. The predicted molar refractivity (Wildman–Crippen MR) is 73.9 cm³/mol. The number of fused-ring (bicyclic) bond motifs is 1. The van der Waals surface area contributed by atoms with E-state index >= 15 is 0 Å². The molecule has 0 aliphatic rings. The number of rotatable bonds is 4. The van der Waals surface area contributed by atoms with Crippen LogP contribution in [0.1, 0.15) is 22.5 Å². The first-order valence-corrected chi connectivity index (χ1v) is 6.52. The second-order valence-electron chi connectivity index (χ2n) is 3.99. The number of aromatic amines is 1. The van der Waals surface area contributed by atoms with Crippen LogP contribution in [0.5, 0.6) is 0 Å². The third-order valence-corrected chi connectivity index (χ3v) is 3.49. The molecule has 2 aromatic rings. The van der Waals surface area contributed by atoms with E-state index in [0.29, 0.717) is 26.0 Å². The van der Waals surface area contributed by atoms with Gasteiger partial charge in [0, 0.05) is 16.3 Å². The number of nitrogens with one attached hydrogen (secondary N) is 1. The van der Waals surface area contributed by atoms with Gasteiger partial charge in [0.05, 0.1) is 10.5 Å². The molecule has 0 aliphatic carbocycles. The fourth-order valence-electron chi connectivity index (χ4n) is 1.95. The Labute approximate surface area is 121 Å². The average Bonchev–Trinajstić information content (AvgIpc) is 2.65. The van der Waals surface area contributed by atoms with Crippen molar-refractivity contribution in [3.63, 3.8) is 0 Å². The zero-order chi connectivity index (χ0) is 14.2. The summed E-state index contributed by atoms with van der Waals surface area (Å²) in [6.45, 7) is 0. The maximum atomic E-state index is 11.2. The standard InChI is InChI=1S/C12H9BrClNO4/c13-5-3-7-6(1-2-9(16)17)11(12(18)19)15-10(7)8(14)4-5/h3-4,15H,1-2H2,(H,16,17)(H,18,19). The predicted octanol–water partition coefficient (Wildman–Crippen LogP) is 3.30. The first kappa shape index (κ1) is 13.9. The van der Waals surface area contributed by atoms with Crippen LogP contribution in [-0.4, -0.2) is 27.1 Å². The third kappa shape index (κ3) is 2.74. The van der Waals surface area contributed by atoms with Crippen molar-refractivity contribution in [3.8, 4) is 0 Å². The van der Waals surface area contributed by atoms with Crippen molar-refractivity contribution >= 4 is 50.4 Å². The minimum absolute atomic E-state index is 0.0174. The van der Waals surface area contributed by atoms with Crippen LogP contribution < -0.4 is 0 Å². The van der Waals surface area contributed by atoms with E-state index < -0.39 is 11.9 Å². The molecule has 0 unspecified atom stereocenters. The van der Waals surface area contributed by atoms with Crippen LogP contribution >= 0.6 is 27.5 Å². The second kappa shape index (κ2) is 5.22. The van der Waals surface area contributed by atoms with Gasteiger partial charge >= 0.3 is 11.9 Å². The zero-order valence-electron chi connectivity index (χ0n) is 9.54. The van der Waals surface area contributed by atoms with Gasteiger partial charge in [-0.1, -0.05) is 27.5 Å². The lowest BCUT2D eigenvalue weighted by Gasteiger charge is -2.00. The fraction of sp³-hybridized carbons (Fsp3) is 0.167. The van der Waals surface area contributed by atoms with E-state index in [9.17, 15) is 9.59 Å². The van der Waals surface area contributed by atoms with Crippen LogP contribution in [0.3, 0.4) is 0 Å². The SMILES string of the molecule is O=C(O)CCc1c(C(=O)O)[nH]c2c(Cl)cc(Br)cc12. The van der Waals surface area contributed by atoms with Gasteiger partial charge in [0.25, 0.3) is 0 Å². The lowest BCUT2D eigenvalue weighted by Crippen LogP contribution is -2.04. The van der Waals surface area contributed by atoms with Gasteiger partial charge in [0.15, 0.2) is 0 Å². The van der Waals surface area contributed by atoms with Crippen molar-refractivity contribution in [2.45, 2.75) is 12.8 Å². The zero-order valence-corrected chi connectivity index (χ0v) is 11.9. The molecule has 7 heteroatoms. The Bertz CT molecular complexity index is 680. The molecule has 0 saturated carbocycles. The highest BCUT2D eigenvalue weighted by Crippen LogP contribution is 2.32. The molecule has 19 heavy (non-hydrogen) atoms. The molecular weight excluding hydrogens is 337 g/mol. The lowest BCUT2D eigenvalue weighted by molar-refractivity contribution is -0.136. The molecule has 0 aliphatic heterocycles. The largest absolute Gasteiger partial charge is 0.481 e. The highest BCUT2D eigenvalue weighted by molar-refractivity contribution is 9.10. The topological polar surface area (TPSA) is 90.4 Å². The van der Waals surface area contributed by atoms with Crippen LogP contribution in [0.4, 0.5) is 0 Å². The number of carboxylic acids is 2. The Morgan fingerprint density at radius 3 is 2.58 bits per heavy atom. The van der Waals surface area contributed by atoms with Crippen molar-refractivity contribution in [2.75, 3.05) is 0 Å². The van der Waals surface area contributed by atoms with E-state index in [1.807, 2.05) is 0 Å². The molecule has 0 radical (unpaired) electrons. The average molecular weight is 347 g/mol. The molecule has 0 spiro atoms. The van der Waals surface area contributed by atoms with Gasteiger partial charge in [-0.2, -0.15) is 0 Å². The summed E-state index contributed by atoms with van der Waals surface area (Å²) in [5.41, 5.74) is 0.937. The molecule has 0 saturated heterocycles. The normalized spacial score (nSPS) is 10.8. The Kier molecular flexibility index (Phi) is 3.82.